The molecule has 0 aromatic carbocycles. The molecule has 0 amide bonds. The molecule has 0 saturated carbocycles. The Bertz CT molecular complexity index is 1850. The lowest BCUT2D eigenvalue weighted by molar-refractivity contribution is -0.161. The highest BCUT2D eigenvalue weighted by atomic mass is 31.2. The van der Waals surface area contributed by atoms with Gasteiger partial charge in [-0.25, -0.2) is 9.13 Å². The number of unbranched alkanes of at least 4 members (excludes halogenated alkanes) is 41. The summed E-state index contributed by atoms with van der Waals surface area (Å²) in [5.74, 6) is 0.263. The third-order valence-corrected chi connectivity index (χ3v) is 19.9. The first-order chi connectivity index (χ1) is 45.8. The molecule has 0 heterocycles. The fourth-order valence-electron chi connectivity index (χ4n) is 11.6. The minimum atomic E-state index is -4.96. The van der Waals surface area contributed by atoms with Gasteiger partial charge in [0.15, 0.2) is 12.2 Å². The van der Waals surface area contributed by atoms with Crippen molar-refractivity contribution in [2.24, 2.45) is 17.8 Å². The maximum atomic E-state index is 13.1. The average Bonchev–Trinajstić information content (AvgIpc) is 2.52. The molecule has 0 aromatic rings. The van der Waals surface area contributed by atoms with E-state index in [-0.39, 0.29) is 25.7 Å². The number of ether oxygens (including phenoxy) is 4. The lowest BCUT2D eigenvalue weighted by atomic mass is 9.99. The van der Waals surface area contributed by atoms with Gasteiger partial charge in [-0.3, -0.25) is 37.3 Å². The molecule has 0 aromatic heterocycles. The number of rotatable bonds is 74. The predicted molar refractivity (Wildman–Crippen MR) is 386 cm³/mol. The number of hydrogen-bond donors (Lipinski definition) is 3. The number of phosphoric ester groups is 2. The Balaban J connectivity index is 5.24. The van der Waals surface area contributed by atoms with Gasteiger partial charge < -0.3 is 33.8 Å². The third-order valence-electron chi connectivity index (χ3n) is 18.0. The Hall–Kier alpha value is -1.94. The molecule has 0 aliphatic carbocycles. The Labute approximate surface area is 581 Å². The van der Waals surface area contributed by atoms with Crippen LogP contribution in [0.4, 0.5) is 0 Å². The minimum absolute atomic E-state index is 0.106. The van der Waals surface area contributed by atoms with Gasteiger partial charge in [0.1, 0.15) is 19.3 Å². The highest BCUT2D eigenvalue weighted by molar-refractivity contribution is 7.47. The highest BCUT2D eigenvalue weighted by Crippen LogP contribution is 2.45. The molecular weight excluding hydrogens is 1250 g/mol. The summed E-state index contributed by atoms with van der Waals surface area (Å²) in [7, 11) is -9.91. The molecule has 6 atom stereocenters. The van der Waals surface area contributed by atoms with E-state index in [2.05, 4.69) is 48.5 Å². The van der Waals surface area contributed by atoms with Crippen LogP contribution in [0.25, 0.3) is 0 Å². The van der Waals surface area contributed by atoms with Gasteiger partial charge in [-0.1, -0.05) is 337 Å². The van der Waals surface area contributed by atoms with Gasteiger partial charge >= 0.3 is 39.5 Å². The Morgan fingerprint density at radius 2 is 0.537 bits per heavy atom. The van der Waals surface area contributed by atoms with Crippen molar-refractivity contribution in [1.29, 1.82) is 0 Å². The maximum Gasteiger partial charge on any atom is 0.472 e. The molecule has 0 spiro atoms. The van der Waals surface area contributed by atoms with Crippen molar-refractivity contribution in [2.75, 3.05) is 39.6 Å². The van der Waals surface area contributed by atoms with Crippen LogP contribution in [0.1, 0.15) is 389 Å². The van der Waals surface area contributed by atoms with E-state index in [4.69, 9.17) is 37.0 Å². The number of aliphatic hydroxyl groups is 1. The first kappa shape index (κ1) is 93.1. The fraction of sp³-hybridized carbons (Fsp3) is 0.947. The van der Waals surface area contributed by atoms with Crippen LogP contribution >= 0.6 is 15.6 Å². The van der Waals surface area contributed by atoms with Crippen LogP contribution in [0.15, 0.2) is 0 Å². The topological polar surface area (TPSA) is 237 Å². The average molecular weight is 1400 g/mol. The van der Waals surface area contributed by atoms with Crippen molar-refractivity contribution in [1.82, 2.24) is 0 Å². The van der Waals surface area contributed by atoms with Crippen molar-refractivity contribution in [3.8, 4) is 0 Å². The van der Waals surface area contributed by atoms with E-state index in [1.54, 1.807) is 0 Å². The largest absolute Gasteiger partial charge is 0.472 e. The monoisotopic (exact) mass is 1400 g/mol. The van der Waals surface area contributed by atoms with Gasteiger partial charge in [-0.05, 0) is 43.4 Å². The van der Waals surface area contributed by atoms with Gasteiger partial charge in [0, 0.05) is 25.7 Å². The van der Waals surface area contributed by atoms with E-state index in [1.165, 1.54) is 199 Å². The summed E-state index contributed by atoms with van der Waals surface area (Å²) in [5.41, 5.74) is 0. The zero-order chi connectivity index (χ0) is 70.1. The standard InChI is InChI=1S/C76H148O17P2/c1-8-10-11-12-13-26-36-43-50-57-73(78)86-63-71(93-76(81)60-53-46-39-32-25-24-29-35-42-49-56-69(7)9-2)65-90-94(82,83)88-61-70(77)62-89-95(84,85)91-66-72(92-75(80)59-52-45-38-31-23-19-15-17-21-28-34-41-48-55-68(5)6)64-87-74(79)58-51-44-37-30-22-18-14-16-20-27-33-40-47-54-67(3)4/h67-72,77H,8-66H2,1-7H3,(H,82,83)(H,84,85)/t69?,70-,71+,72+/m0/s1. The Kier molecular flexibility index (Phi) is 65.2. The molecule has 95 heavy (non-hydrogen) atoms. The van der Waals surface area contributed by atoms with Crippen molar-refractivity contribution in [2.45, 2.75) is 407 Å². The maximum absolute atomic E-state index is 13.1. The van der Waals surface area contributed by atoms with Crippen LogP contribution in [-0.4, -0.2) is 96.7 Å². The number of hydrogen-bond acceptors (Lipinski definition) is 15. The van der Waals surface area contributed by atoms with Gasteiger partial charge in [-0.15, -0.1) is 0 Å². The Morgan fingerprint density at radius 3 is 0.800 bits per heavy atom. The summed E-state index contributed by atoms with van der Waals surface area (Å²) in [6.07, 6.45) is 52.6. The normalized spacial score (nSPS) is 14.4. The second kappa shape index (κ2) is 66.6. The summed E-state index contributed by atoms with van der Waals surface area (Å²) in [6.45, 7) is 11.9. The molecule has 0 bridgehead atoms. The molecule has 19 heteroatoms. The first-order valence-electron chi connectivity index (χ1n) is 39.4. The molecule has 3 N–H and O–H groups in total. The predicted octanol–water partition coefficient (Wildman–Crippen LogP) is 22.2. The van der Waals surface area contributed by atoms with Crippen LogP contribution in [0.5, 0.6) is 0 Å². The summed E-state index contributed by atoms with van der Waals surface area (Å²) >= 11 is 0. The Morgan fingerprint density at radius 1 is 0.305 bits per heavy atom. The molecule has 3 unspecified atom stereocenters. The summed E-state index contributed by atoms with van der Waals surface area (Å²) < 4.78 is 68.5. The zero-order valence-corrected chi connectivity index (χ0v) is 63.9. The second-order valence-electron chi connectivity index (χ2n) is 28.6. The lowest BCUT2D eigenvalue weighted by Gasteiger charge is -2.21. The van der Waals surface area contributed by atoms with E-state index in [0.717, 1.165) is 108 Å². The number of esters is 4. The summed E-state index contributed by atoms with van der Waals surface area (Å²) in [4.78, 5) is 72.8. The van der Waals surface area contributed by atoms with E-state index in [0.29, 0.717) is 25.7 Å². The van der Waals surface area contributed by atoms with Crippen molar-refractivity contribution >= 4 is 39.5 Å². The van der Waals surface area contributed by atoms with Gasteiger partial charge in [-0.2, -0.15) is 0 Å². The van der Waals surface area contributed by atoms with Crippen LogP contribution in [0.3, 0.4) is 0 Å². The fourth-order valence-corrected chi connectivity index (χ4v) is 13.1. The highest BCUT2D eigenvalue weighted by Gasteiger charge is 2.30. The second-order valence-corrected chi connectivity index (χ2v) is 31.5. The third kappa shape index (κ3) is 69.0. The van der Waals surface area contributed by atoms with Crippen molar-refractivity contribution < 1.29 is 80.2 Å². The van der Waals surface area contributed by atoms with Gasteiger partial charge in [0.25, 0.3) is 0 Å². The van der Waals surface area contributed by atoms with E-state index in [9.17, 15) is 43.2 Å². The minimum Gasteiger partial charge on any atom is -0.462 e. The first-order valence-corrected chi connectivity index (χ1v) is 42.4. The molecule has 0 fully saturated rings. The molecule has 0 rings (SSSR count). The van der Waals surface area contributed by atoms with E-state index >= 15 is 0 Å². The van der Waals surface area contributed by atoms with E-state index < -0.39 is 97.5 Å². The molecular formula is C76H148O17P2. The van der Waals surface area contributed by atoms with Crippen molar-refractivity contribution in [3.05, 3.63) is 0 Å². The molecule has 17 nitrogen and oxygen atoms in total. The van der Waals surface area contributed by atoms with Gasteiger partial charge in [0.05, 0.1) is 26.4 Å². The quantitative estimate of drug-likeness (QED) is 0.0222. The summed E-state index contributed by atoms with van der Waals surface area (Å²) in [5, 5.41) is 10.6. The number of carbonyl (C=O) groups is 4. The van der Waals surface area contributed by atoms with E-state index in [1.807, 2.05) is 0 Å². The van der Waals surface area contributed by atoms with Crippen molar-refractivity contribution in [3.63, 3.8) is 0 Å². The molecule has 0 saturated heterocycles. The molecule has 0 radical (unpaired) electrons. The van der Waals surface area contributed by atoms with Crippen LogP contribution in [0, 0.1) is 17.8 Å². The van der Waals surface area contributed by atoms with Crippen LogP contribution in [0.2, 0.25) is 0 Å². The van der Waals surface area contributed by atoms with Gasteiger partial charge in [0.2, 0.25) is 0 Å². The number of aliphatic hydroxyl groups excluding tert-OH is 1. The van der Waals surface area contributed by atoms with Crippen LogP contribution in [-0.2, 0) is 65.4 Å². The zero-order valence-electron chi connectivity index (χ0n) is 62.1. The van der Waals surface area contributed by atoms with Crippen LogP contribution < -0.4 is 0 Å². The summed E-state index contributed by atoms with van der Waals surface area (Å²) in [6, 6.07) is 0. The molecule has 564 valence electrons. The lowest BCUT2D eigenvalue weighted by Crippen LogP contribution is -2.30. The SMILES string of the molecule is CCCCCCCCCCCC(=O)OC[C@H](COP(=O)(O)OC[C@H](O)COP(=O)(O)OC[C@@H](COC(=O)CCCCCCCCCCCCCCCC(C)C)OC(=O)CCCCCCCCCCCCCCCC(C)C)OC(=O)CCCCCCCCCCCCC(C)CC. The number of phosphoric acid groups is 2. The molecule has 0 aliphatic heterocycles. The number of carbonyl (C=O) groups excluding carboxylic acids is 4. The smallest absolute Gasteiger partial charge is 0.462 e. The molecule has 0 aliphatic rings.